The summed E-state index contributed by atoms with van der Waals surface area (Å²) in [6.07, 6.45) is 2.07. The second kappa shape index (κ2) is 9.67. The van der Waals surface area contributed by atoms with Crippen LogP contribution in [0.1, 0.15) is 32.7 Å². The summed E-state index contributed by atoms with van der Waals surface area (Å²) >= 11 is 6.02. The highest BCUT2D eigenvalue weighted by Crippen LogP contribution is 2.18. The van der Waals surface area contributed by atoms with Gasteiger partial charge in [-0.05, 0) is 54.4 Å². The van der Waals surface area contributed by atoms with Crippen LogP contribution in [0.2, 0.25) is 5.02 Å². The number of halogens is 1. The predicted octanol–water partition coefficient (Wildman–Crippen LogP) is 6.34. The van der Waals surface area contributed by atoms with Gasteiger partial charge < -0.3 is 9.47 Å². The molecule has 31 heavy (non-hydrogen) atoms. The van der Waals surface area contributed by atoms with Gasteiger partial charge in [0.15, 0.2) is 0 Å². The van der Waals surface area contributed by atoms with Gasteiger partial charge in [-0.2, -0.15) is 0 Å². The molecule has 1 amide bonds. The molecule has 0 spiro atoms. The van der Waals surface area contributed by atoms with Crippen molar-refractivity contribution in [2.45, 2.75) is 26.6 Å². The van der Waals surface area contributed by atoms with Crippen molar-refractivity contribution in [2.24, 2.45) is 0 Å². The minimum absolute atomic E-state index is 0.0106. The van der Waals surface area contributed by atoms with Crippen LogP contribution in [0.4, 0.5) is 0 Å². The average molecular weight is 429 g/mol. The van der Waals surface area contributed by atoms with Crippen LogP contribution >= 0.6 is 11.6 Å². The number of carbonyl (C=O) groups excluding carboxylic acids is 1. The molecule has 0 aliphatic heterocycles. The van der Waals surface area contributed by atoms with Gasteiger partial charge in [0.05, 0.1) is 6.54 Å². The molecule has 156 valence electrons. The van der Waals surface area contributed by atoms with E-state index < -0.39 is 0 Å². The average Bonchev–Trinajstić information content (AvgIpc) is 3.22. The second-order valence-corrected chi connectivity index (χ2v) is 8.20. The number of hydrogen-bond donors (Lipinski definition) is 0. The molecule has 0 bridgehead atoms. The molecular formula is C27H25ClN2O. The Hall–Kier alpha value is -3.30. The van der Waals surface area contributed by atoms with E-state index in [-0.39, 0.29) is 5.91 Å². The van der Waals surface area contributed by atoms with Crippen LogP contribution in [0.5, 0.6) is 0 Å². The van der Waals surface area contributed by atoms with Crippen molar-refractivity contribution in [3.05, 3.63) is 130 Å². The summed E-state index contributed by atoms with van der Waals surface area (Å²) < 4.78 is 2.21. The molecule has 3 nitrogen and oxygen atoms in total. The van der Waals surface area contributed by atoms with Gasteiger partial charge in [0.1, 0.15) is 0 Å². The standard InChI is InChI=1S/C27H25ClN2O/c1-21-9-11-23(12-10-21)18-29-17-5-8-26(29)20-30(19-22-6-3-2-4-7-22)27(31)24-13-15-25(28)16-14-24/h2-17H,18-20H2,1H3. The molecule has 0 saturated carbocycles. The summed E-state index contributed by atoms with van der Waals surface area (Å²) in [5, 5.41) is 0.623. The fourth-order valence-electron chi connectivity index (χ4n) is 3.61. The SMILES string of the molecule is Cc1ccc(Cn2cccc2CN(Cc2ccccc2)C(=O)c2ccc(Cl)cc2)cc1. The molecule has 0 saturated heterocycles. The van der Waals surface area contributed by atoms with Gasteiger partial charge in [-0.25, -0.2) is 0 Å². The monoisotopic (exact) mass is 428 g/mol. The zero-order valence-corrected chi connectivity index (χ0v) is 18.3. The highest BCUT2D eigenvalue weighted by atomic mass is 35.5. The third-order valence-electron chi connectivity index (χ3n) is 5.34. The van der Waals surface area contributed by atoms with Crippen molar-refractivity contribution in [3.8, 4) is 0 Å². The Bertz CT molecular complexity index is 1130. The Morgan fingerprint density at radius 2 is 1.52 bits per heavy atom. The van der Waals surface area contributed by atoms with Gasteiger partial charge >= 0.3 is 0 Å². The molecule has 0 radical (unpaired) electrons. The zero-order valence-electron chi connectivity index (χ0n) is 17.5. The fourth-order valence-corrected chi connectivity index (χ4v) is 3.74. The molecule has 0 N–H and O–H groups in total. The largest absolute Gasteiger partial charge is 0.345 e. The van der Waals surface area contributed by atoms with Gasteiger partial charge in [0.2, 0.25) is 0 Å². The van der Waals surface area contributed by atoms with Gasteiger partial charge in [-0.3, -0.25) is 4.79 Å². The maximum Gasteiger partial charge on any atom is 0.254 e. The fraction of sp³-hybridized carbons (Fsp3) is 0.148. The normalized spacial score (nSPS) is 10.8. The number of nitrogens with zero attached hydrogens (tertiary/aromatic N) is 2. The molecule has 0 fully saturated rings. The van der Waals surface area contributed by atoms with E-state index in [1.165, 1.54) is 11.1 Å². The first kappa shape index (κ1) is 21.0. The molecule has 0 aliphatic rings. The lowest BCUT2D eigenvalue weighted by Crippen LogP contribution is -2.31. The Morgan fingerprint density at radius 3 is 2.23 bits per heavy atom. The van der Waals surface area contributed by atoms with Gasteiger partial charge in [-0.1, -0.05) is 71.8 Å². The number of carbonyl (C=O) groups is 1. The maximum atomic E-state index is 13.4. The van der Waals surface area contributed by atoms with E-state index >= 15 is 0 Å². The lowest BCUT2D eigenvalue weighted by atomic mass is 10.1. The van der Waals surface area contributed by atoms with E-state index in [0.29, 0.717) is 23.7 Å². The number of benzene rings is 3. The van der Waals surface area contributed by atoms with Crippen LogP contribution in [-0.2, 0) is 19.6 Å². The van der Waals surface area contributed by atoms with Crippen molar-refractivity contribution in [3.63, 3.8) is 0 Å². The summed E-state index contributed by atoms with van der Waals surface area (Å²) in [5.41, 5.74) is 5.32. The topological polar surface area (TPSA) is 25.2 Å². The molecular weight excluding hydrogens is 404 g/mol. The first-order valence-electron chi connectivity index (χ1n) is 10.4. The third kappa shape index (κ3) is 5.44. The molecule has 1 heterocycles. The molecule has 4 rings (SSSR count). The quantitative estimate of drug-likeness (QED) is 0.337. The van der Waals surface area contributed by atoms with Crippen molar-refractivity contribution in [1.82, 2.24) is 9.47 Å². The predicted molar refractivity (Wildman–Crippen MR) is 126 cm³/mol. The molecule has 1 aromatic heterocycles. The summed E-state index contributed by atoms with van der Waals surface area (Å²) in [6.45, 7) is 3.93. The highest BCUT2D eigenvalue weighted by Gasteiger charge is 2.18. The lowest BCUT2D eigenvalue weighted by molar-refractivity contribution is 0.0726. The van der Waals surface area contributed by atoms with Crippen LogP contribution < -0.4 is 0 Å². The van der Waals surface area contributed by atoms with Crippen molar-refractivity contribution in [2.75, 3.05) is 0 Å². The highest BCUT2D eigenvalue weighted by molar-refractivity contribution is 6.30. The molecule has 3 aromatic carbocycles. The van der Waals surface area contributed by atoms with Crippen LogP contribution in [0.15, 0.2) is 97.2 Å². The van der Waals surface area contributed by atoms with Crippen LogP contribution in [-0.4, -0.2) is 15.4 Å². The van der Waals surface area contributed by atoms with Crippen molar-refractivity contribution < 1.29 is 4.79 Å². The summed E-state index contributed by atoms with van der Waals surface area (Å²) in [6, 6.07) is 29.9. The van der Waals surface area contributed by atoms with Crippen molar-refractivity contribution >= 4 is 17.5 Å². The molecule has 0 unspecified atom stereocenters. The van der Waals surface area contributed by atoms with Gasteiger partial charge in [0.25, 0.3) is 5.91 Å². The Morgan fingerprint density at radius 1 is 0.806 bits per heavy atom. The summed E-state index contributed by atoms with van der Waals surface area (Å²) in [4.78, 5) is 15.3. The maximum absolute atomic E-state index is 13.4. The van der Waals surface area contributed by atoms with E-state index in [9.17, 15) is 4.79 Å². The van der Waals surface area contributed by atoms with E-state index in [2.05, 4.69) is 48.0 Å². The Labute approximate surface area is 188 Å². The van der Waals surface area contributed by atoms with Crippen LogP contribution in [0, 0.1) is 6.92 Å². The van der Waals surface area contributed by atoms with E-state index in [1.54, 1.807) is 24.3 Å². The zero-order chi connectivity index (χ0) is 21.6. The van der Waals surface area contributed by atoms with E-state index in [1.807, 2.05) is 41.3 Å². The molecule has 4 heteroatoms. The van der Waals surface area contributed by atoms with Gasteiger partial charge in [0, 0.05) is 35.6 Å². The molecule has 0 atom stereocenters. The summed E-state index contributed by atoms with van der Waals surface area (Å²) in [7, 11) is 0. The lowest BCUT2D eigenvalue weighted by Gasteiger charge is -2.24. The summed E-state index contributed by atoms with van der Waals surface area (Å²) in [5.74, 6) is -0.0106. The van der Waals surface area contributed by atoms with E-state index in [4.69, 9.17) is 11.6 Å². The second-order valence-electron chi connectivity index (χ2n) is 7.77. The van der Waals surface area contributed by atoms with Crippen LogP contribution in [0.25, 0.3) is 0 Å². The minimum Gasteiger partial charge on any atom is -0.345 e. The number of aromatic nitrogens is 1. The van der Waals surface area contributed by atoms with E-state index in [0.717, 1.165) is 17.8 Å². The molecule has 4 aromatic rings. The van der Waals surface area contributed by atoms with Gasteiger partial charge in [-0.15, -0.1) is 0 Å². The Balaban J connectivity index is 1.59. The smallest absolute Gasteiger partial charge is 0.254 e. The first-order chi connectivity index (χ1) is 15.1. The number of aryl methyl sites for hydroxylation is 1. The van der Waals surface area contributed by atoms with Crippen molar-refractivity contribution in [1.29, 1.82) is 0 Å². The third-order valence-corrected chi connectivity index (χ3v) is 5.60. The minimum atomic E-state index is -0.0106. The molecule has 0 aliphatic carbocycles. The van der Waals surface area contributed by atoms with Crippen LogP contribution in [0.3, 0.4) is 0 Å². The number of hydrogen-bond acceptors (Lipinski definition) is 1. The number of rotatable bonds is 7. The first-order valence-corrected chi connectivity index (χ1v) is 10.7. The Kier molecular flexibility index (Phi) is 6.54. The number of amides is 1.